The summed E-state index contributed by atoms with van der Waals surface area (Å²) in [5.41, 5.74) is -0.854. The van der Waals surface area contributed by atoms with E-state index in [9.17, 15) is 22.0 Å². The number of hydrogen-bond acceptors (Lipinski definition) is 2. The highest BCUT2D eigenvalue weighted by Gasteiger charge is 2.32. The van der Waals surface area contributed by atoms with E-state index in [1.807, 2.05) is 6.92 Å². The fraction of sp³-hybridized carbons (Fsp3) is 0.688. The van der Waals surface area contributed by atoms with E-state index < -0.39 is 17.7 Å². The summed E-state index contributed by atoms with van der Waals surface area (Å²) in [6, 6.07) is 2.03. The Labute approximate surface area is 133 Å². The number of alkyl halides is 5. The minimum absolute atomic E-state index is 0.0610. The van der Waals surface area contributed by atoms with Crippen molar-refractivity contribution in [3.63, 3.8) is 0 Å². The molecule has 0 amide bonds. The zero-order valence-electron chi connectivity index (χ0n) is 13.5. The van der Waals surface area contributed by atoms with Gasteiger partial charge in [0.1, 0.15) is 0 Å². The molecule has 0 aliphatic heterocycles. The SMILES string of the molecule is CCC(COc1ccc(C(F)(F)F)cn1)C(C)CC(F)(F)CC. The quantitative estimate of drug-likeness (QED) is 0.577. The van der Waals surface area contributed by atoms with Gasteiger partial charge in [0.2, 0.25) is 11.8 Å². The maximum atomic E-state index is 13.5. The summed E-state index contributed by atoms with van der Waals surface area (Å²) in [6.45, 7) is 5.20. The molecule has 0 aromatic carbocycles. The molecule has 0 fully saturated rings. The van der Waals surface area contributed by atoms with Crippen molar-refractivity contribution in [3.05, 3.63) is 23.9 Å². The van der Waals surface area contributed by atoms with Crippen molar-refractivity contribution >= 4 is 0 Å². The number of hydrogen-bond donors (Lipinski definition) is 0. The molecule has 1 aromatic rings. The van der Waals surface area contributed by atoms with Crippen LogP contribution in [0.15, 0.2) is 18.3 Å². The molecule has 2 unspecified atom stereocenters. The van der Waals surface area contributed by atoms with Gasteiger partial charge in [-0.2, -0.15) is 13.2 Å². The van der Waals surface area contributed by atoms with Crippen LogP contribution in [0.4, 0.5) is 22.0 Å². The fourth-order valence-electron chi connectivity index (χ4n) is 2.29. The Kier molecular flexibility index (Phi) is 6.77. The molecule has 1 heterocycles. The number of rotatable bonds is 8. The van der Waals surface area contributed by atoms with Gasteiger partial charge in [-0.05, 0) is 24.3 Å². The van der Waals surface area contributed by atoms with E-state index in [0.29, 0.717) is 12.6 Å². The van der Waals surface area contributed by atoms with Crippen molar-refractivity contribution in [2.45, 2.75) is 52.1 Å². The minimum atomic E-state index is -4.45. The van der Waals surface area contributed by atoms with Crippen molar-refractivity contribution in [2.75, 3.05) is 6.61 Å². The highest BCUT2D eigenvalue weighted by Crippen LogP contribution is 2.32. The normalized spacial score (nSPS) is 15.3. The lowest BCUT2D eigenvalue weighted by Crippen LogP contribution is -2.26. The molecule has 0 aliphatic rings. The molecule has 0 spiro atoms. The van der Waals surface area contributed by atoms with Crippen molar-refractivity contribution in [1.29, 1.82) is 0 Å². The maximum Gasteiger partial charge on any atom is 0.417 e. The summed E-state index contributed by atoms with van der Waals surface area (Å²) in [6.07, 6.45) is -3.55. The zero-order chi connectivity index (χ0) is 17.7. The fourth-order valence-corrected chi connectivity index (χ4v) is 2.29. The van der Waals surface area contributed by atoms with E-state index in [2.05, 4.69) is 4.98 Å². The Bertz CT molecular complexity index is 472. The van der Waals surface area contributed by atoms with Crippen LogP contribution in [0.25, 0.3) is 0 Å². The molecule has 132 valence electrons. The van der Waals surface area contributed by atoms with Crippen LogP contribution in [-0.4, -0.2) is 17.5 Å². The van der Waals surface area contributed by atoms with Crippen LogP contribution in [-0.2, 0) is 6.18 Å². The van der Waals surface area contributed by atoms with Crippen LogP contribution in [0, 0.1) is 11.8 Å². The molecule has 2 nitrogen and oxygen atoms in total. The summed E-state index contributed by atoms with van der Waals surface area (Å²) in [7, 11) is 0. The Morgan fingerprint density at radius 2 is 1.78 bits per heavy atom. The van der Waals surface area contributed by atoms with Crippen LogP contribution >= 0.6 is 0 Å². The van der Waals surface area contributed by atoms with Gasteiger partial charge in [0.15, 0.2) is 0 Å². The van der Waals surface area contributed by atoms with Crippen molar-refractivity contribution in [1.82, 2.24) is 4.98 Å². The van der Waals surface area contributed by atoms with Crippen LogP contribution in [0.2, 0.25) is 0 Å². The number of pyridine rings is 1. The van der Waals surface area contributed by atoms with Gasteiger partial charge in [-0.15, -0.1) is 0 Å². The highest BCUT2D eigenvalue weighted by molar-refractivity contribution is 5.20. The number of aromatic nitrogens is 1. The maximum absolute atomic E-state index is 13.5. The summed E-state index contributed by atoms with van der Waals surface area (Å²) >= 11 is 0. The summed E-state index contributed by atoms with van der Waals surface area (Å²) in [5, 5.41) is 0. The molecule has 0 bridgehead atoms. The molecule has 0 N–H and O–H groups in total. The molecule has 1 rings (SSSR count). The van der Waals surface area contributed by atoms with Gasteiger partial charge in [-0.25, -0.2) is 13.8 Å². The molecular weight excluding hydrogens is 317 g/mol. The first-order valence-corrected chi connectivity index (χ1v) is 7.63. The van der Waals surface area contributed by atoms with Gasteiger partial charge in [0.25, 0.3) is 0 Å². The highest BCUT2D eigenvalue weighted by atomic mass is 19.4. The molecular formula is C16H22F5NO. The summed E-state index contributed by atoms with van der Waals surface area (Å²) < 4.78 is 69.6. The number of ether oxygens (including phenoxy) is 1. The lowest BCUT2D eigenvalue weighted by Gasteiger charge is -2.26. The molecule has 0 saturated carbocycles. The van der Waals surface area contributed by atoms with E-state index in [0.717, 1.165) is 12.1 Å². The molecule has 7 heteroatoms. The molecule has 2 atom stereocenters. The first-order chi connectivity index (χ1) is 10.6. The largest absolute Gasteiger partial charge is 0.477 e. The summed E-state index contributed by atoms with van der Waals surface area (Å²) in [5.74, 6) is -3.02. The predicted molar refractivity (Wildman–Crippen MR) is 77.5 cm³/mol. The van der Waals surface area contributed by atoms with Crippen LogP contribution in [0.1, 0.15) is 45.6 Å². The second-order valence-electron chi connectivity index (χ2n) is 5.75. The third-order valence-electron chi connectivity index (χ3n) is 3.98. The number of halogens is 5. The average Bonchev–Trinajstić information content (AvgIpc) is 2.47. The smallest absolute Gasteiger partial charge is 0.417 e. The van der Waals surface area contributed by atoms with Gasteiger partial charge in [0.05, 0.1) is 12.2 Å². The van der Waals surface area contributed by atoms with Crippen molar-refractivity contribution in [2.24, 2.45) is 11.8 Å². The standard InChI is InChI=1S/C16H22F5NO/c1-4-12(11(3)8-15(17,18)5-2)10-23-14-7-6-13(9-22-14)16(19,20)21/h6-7,9,11-12H,4-5,8,10H2,1-3H3. The van der Waals surface area contributed by atoms with E-state index >= 15 is 0 Å². The van der Waals surface area contributed by atoms with E-state index in [1.54, 1.807) is 6.92 Å². The third kappa shape index (κ3) is 6.31. The molecule has 0 saturated heterocycles. The lowest BCUT2D eigenvalue weighted by molar-refractivity contribution is -0.137. The molecule has 23 heavy (non-hydrogen) atoms. The third-order valence-corrected chi connectivity index (χ3v) is 3.98. The molecule has 1 aromatic heterocycles. The van der Waals surface area contributed by atoms with Gasteiger partial charge in [0, 0.05) is 25.1 Å². The van der Waals surface area contributed by atoms with Gasteiger partial charge < -0.3 is 4.74 Å². The lowest BCUT2D eigenvalue weighted by atomic mass is 9.87. The number of nitrogens with zero attached hydrogens (tertiary/aromatic N) is 1. The van der Waals surface area contributed by atoms with Gasteiger partial charge >= 0.3 is 6.18 Å². The Balaban J connectivity index is 2.60. The average molecular weight is 339 g/mol. The van der Waals surface area contributed by atoms with Crippen LogP contribution in [0.3, 0.4) is 0 Å². The Morgan fingerprint density at radius 1 is 1.13 bits per heavy atom. The molecule has 0 radical (unpaired) electrons. The van der Waals surface area contributed by atoms with Crippen molar-refractivity contribution in [3.8, 4) is 5.88 Å². The van der Waals surface area contributed by atoms with E-state index in [4.69, 9.17) is 4.74 Å². The monoisotopic (exact) mass is 339 g/mol. The topological polar surface area (TPSA) is 22.1 Å². The second-order valence-corrected chi connectivity index (χ2v) is 5.75. The zero-order valence-corrected chi connectivity index (χ0v) is 13.5. The first-order valence-electron chi connectivity index (χ1n) is 7.63. The second kappa shape index (κ2) is 7.93. The minimum Gasteiger partial charge on any atom is -0.477 e. The Morgan fingerprint density at radius 3 is 2.22 bits per heavy atom. The van der Waals surface area contributed by atoms with E-state index in [-0.39, 0.29) is 37.2 Å². The summed E-state index contributed by atoms with van der Waals surface area (Å²) in [4.78, 5) is 3.61. The van der Waals surface area contributed by atoms with Crippen molar-refractivity contribution < 1.29 is 26.7 Å². The van der Waals surface area contributed by atoms with Crippen LogP contribution < -0.4 is 4.74 Å². The van der Waals surface area contributed by atoms with Gasteiger partial charge in [-0.1, -0.05) is 20.8 Å². The van der Waals surface area contributed by atoms with Crippen LogP contribution in [0.5, 0.6) is 5.88 Å². The Hall–Kier alpha value is -1.40. The predicted octanol–water partition coefficient (Wildman–Crippen LogP) is 5.58. The van der Waals surface area contributed by atoms with Gasteiger partial charge in [-0.3, -0.25) is 0 Å². The first kappa shape index (κ1) is 19.6. The molecule has 0 aliphatic carbocycles. The van der Waals surface area contributed by atoms with E-state index in [1.165, 1.54) is 6.92 Å².